The van der Waals surface area contributed by atoms with Crippen LogP contribution in [-0.4, -0.2) is 42.6 Å². The molecule has 2 bridgehead atoms. The molecular weight excluding hydrogens is 456 g/mol. The van der Waals surface area contributed by atoms with Gasteiger partial charge in [0.05, 0.1) is 7.11 Å². The summed E-state index contributed by atoms with van der Waals surface area (Å²) in [4.78, 5) is 15.6. The van der Waals surface area contributed by atoms with Crippen LogP contribution in [0.4, 0.5) is 0 Å². The van der Waals surface area contributed by atoms with E-state index in [0.29, 0.717) is 24.0 Å². The predicted octanol–water partition coefficient (Wildman–Crippen LogP) is 6.95. The number of nitrogens with zero attached hydrogens (tertiary/aromatic N) is 1. The molecule has 5 atom stereocenters. The van der Waals surface area contributed by atoms with Gasteiger partial charge in [0.1, 0.15) is 5.75 Å². The summed E-state index contributed by atoms with van der Waals surface area (Å²) in [6, 6.07) is 18.6. The van der Waals surface area contributed by atoms with Crippen molar-refractivity contribution in [2.24, 2.45) is 11.8 Å². The highest BCUT2D eigenvalue weighted by molar-refractivity contribution is 5.94. The number of carbonyl (C=O) groups is 1. The Balaban J connectivity index is 1.39. The third-order valence-electron chi connectivity index (χ3n) is 9.44. The third-order valence-corrected chi connectivity index (χ3v) is 9.44. The van der Waals surface area contributed by atoms with Crippen LogP contribution in [-0.2, 0) is 0 Å². The summed E-state index contributed by atoms with van der Waals surface area (Å²) >= 11 is 0. The molecule has 0 aromatic heterocycles. The van der Waals surface area contributed by atoms with E-state index in [1.807, 2.05) is 18.2 Å². The molecule has 2 heterocycles. The van der Waals surface area contributed by atoms with E-state index in [2.05, 4.69) is 60.1 Å². The van der Waals surface area contributed by atoms with Crippen molar-refractivity contribution in [3.05, 3.63) is 77.9 Å². The van der Waals surface area contributed by atoms with Crippen LogP contribution in [0.1, 0.15) is 92.1 Å². The lowest BCUT2D eigenvalue weighted by atomic mass is 9.69. The number of fused-ring (bicyclic) bond motifs is 2. The molecule has 2 aliphatic heterocycles. The summed E-state index contributed by atoms with van der Waals surface area (Å²) in [7, 11) is 1.74. The van der Waals surface area contributed by atoms with Gasteiger partial charge >= 0.3 is 0 Å². The third kappa shape index (κ3) is 5.80. The fourth-order valence-corrected chi connectivity index (χ4v) is 7.42. The maximum absolute atomic E-state index is 12.9. The van der Waals surface area contributed by atoms with Gasteiger partial charge in [0.15, 0.2) is 0 Å². The summed E-state index contributed by atoms with van der Waals surface area (Å²) < 4.78 is 5.60. The van der Waals surface area contributed by atoms with Gasteiger partial charge in [0, 0.05) is 36.2 Å². The normalized spacial score (nSPS) is 27.0. The minimum Gasteiger partial charge on any atom is -0.497 e. The number of nitrogens with one attached hydrogen (secondary N) is 1. The van der Waals surface area contributed by atoms with Crippen LogP contribution in [0.25, 0.3) is 0 Å². The van der Waals surface area contributed by atoms with Crippen molar-refractivity contribution in [1.29, 1.82) is 0 Å². The lowest BCUT2D eigenvalue weighted by molar-refractivity contribution is -0.0216. The summed E-state index contributed by atoms with van der Waals surface area (Å²) in [5.41, 5.74) is 3.34. The first kappa shape index (κ1) is 26.0. The van der Waals surface area contributed by atoms with E-state index in [0.717, 1.165) is 43.0 Å². The second-order valence-corrected chi connectivity index (χ2v) is 11.7. The molecule has 2 aromatic rings. The van der Waals surface area contributed by atoms with Crippen molar-refractivity contribution in [3.63, 3.8) is 0 Å². The molecular formula is C33H44N2O2. The number of ether oxygens (including phenoxy) is 1. The molecule has 4 nitrogen and oxygen atoms in total. The van der Waals surface area contributed by atoms with E-state index in [1.165, 1.54) is 49.7 Å². The van der Waals surface area contributed by atoms with Gasteiger partial charge in [-0.2, -0.15) is 0 Å². The number of benzene rings is 2. The second-order valence-electron chi connectivity index (χ2n) is 11.7. The molecule has 0 radical (unpaired) electrons. The maximum Gasteiger partial charge on any atom is 0.251 e. The standard InChI is InChI=1S/C33H44N2O2/c1-4-20-35-31-19-17-27(32(35)18-12-23(31)2)22-30(26-8-7-11-29(21-26)37-3)24-13-15-25(16-14-24)33(36)34-28-9-5-6-10-28/h4,7-8,11,13-16,21,23,27-28,30-32H,1,5-6,9-10,12,17-20,22H2,2-3H3,(H,34,36). The van der Waals surface area contributed by atoms with Crippen LogP contribution in [0.5, 0.6) is 5.75 Å². The Kier molecular flexibility index (Phi) is 8.34. The summed E-state index contributed by atoms with van der Waals surface area (Å²) in [6.07, 6.45) is 13.0. The molecule has 3 aliphatic rings. The highest BCUT2D eigenvalue weighted by atomic mass is 16.5. The molecule has 1 N–H and O–H groups in total. The lowest BCUT2D eigenvalue weighted by Crippen LogP contribution is -2.56. The molecule has 2 aromatic carbocycles. The van der Waals surface area contributed by atoms with Crippen molar-refractivity contribution < 1.29 is 9.53 Å². The van der Waals surface area contributed by atoms with Crippen molar-refractivity contribution in [1.82, 2.24) is 10.2 Å². The zero-order chi connectivity index (χ0) is 25.8. The number of piperidine rings is 2. The van der Waals surface area contributed by atoms with E-state index >= 15 is 0 Å². The van der Waals surface area contributed by atoms with E-state index in [-0.39, 0.29) is 11.8 Å². The summed E-state index contributed by atoms with van der Waals surface area (Å²) in [6.45, 7) is 7.50. The molecule has 5 rings (SSSR count). The zero-order valence-electron chi connectivity index (χ0n) is 22.7. The summed E-state index contributed by atoms with van der Waals surface area (Å²) in [5, 5.41) is 3.23. The molecule has 3 fully saturated rings. The molecule has 1 saturated carbocycles. The number of hydrogen-bond donors (Lipinski definition) is 1. The Morgan fingerprint density at radius 1 is 1.03 bits per heavy atom. The maximum atomic E-state index is 12.9. The van der Waals surface area contributed by atoms with Crippen molar-refractivity contribution in [2.75, 3.05) is 13.7 Å². The Morgan fingerprint density at radius 2 is 1.78 bits per heavy atom. The second kappa shape index (κ2) is 11.9. The largest absolute Gasteiger partial charge is 0.497 e. The Morgan fingerprint density at radius 3 is 2.51 bits per heavy atom. The van der Waals surface area contributed by atoms with Crippen LogP contribution in [0.3, 0.4) is 0 Å². The molecule has 1 aliphatic carbocycles. The van der Waals surface area contributed by atoms with Gasteiger partial charge in [-0.1, -0.05) is 50.1 Å². The van der Waals surface area contributed by atoms with E-state index < -0.39 is 0 Å². The van der Waals surface area contributed by atoms with Gasteiger partial charge in [-0.15, -0.1) is 6.58 Å². The first-order chi connectivity index (χ1) is 18.1. The van der Waals surface area contributed by atoms with E-state index in [9.17, 15) is 4.79 Å². The number of amides is 1. The lowest BCUT2D eigenvalue weighted by Gasteiger charge is -2.53. The van der Waals surface area contributed by atoms with Gasteiger partial charge in [-0.3, -0.25) is 9.69 Å². The van der Waals surface area contributed by atoms with Crippen LogP contribution in [0.2, 0.25) is 0 Å². The topological polar surface area (TPSA) is 41.6 Å². The first-order valence-electron chi connectivity index (χ1n) is 14.5. The molecule has 1 amide bonds. The monoisotopic (exact) mass is 500 g/mol. The minimum absolute atomic E-state index is 0.0612. The molecule has 4 heteroatoms. The summed E-state index contributed by atoms with van der Waals surface area (Å²) in [5.74, 6) is 2.65. The number of hydrogen-bond acceptors (Lipinski definition) is 3. The van der Waals surface area contributed by atoms with Gasteiger partial charge < -0.3 is 10.1 Å². The quantitative estimate of drug-likeness (QED) is 0.379. The molecule has 37 heavy (non-hydrogen) atoms. The van der Waals surface area contributed by atoms with Gasteiger partial charge in [0.2, 0.25) is 0 Å². The Labute approximate surface area is 223 Å². The molecule has 2 saturated heterocycles. The smallest absolute Gasteiger partial charge is 0.251 e. The average Bonchev–Trinajstić information content (AvgIpc) is 3.43. The Bertz CT molecular complexity index is 1060. The number of methoxy groups -OCH3 is 1. The predicted molar refractivity (Wildman–Crippen MR) is 151 cm³/mol. The number of rotatable bonds is 9. The average molecular weight is 501 g/mol. The zero-order valence-corrected chi connectivity index (χ0v) is 22.7. The molecule has 0 spiro atoms. The molecule has 5 unspecified atom stereocenters. The number of carbonyl (C=O) groups excluding carboxylic acids is 1. The highest BCUT2D eigenvalue weighted by Gasteiger charge is 2.42. The fourth-order valence-electron chi connectivity index (χ4n) is 7.42. The van der Waals surface area contributed by atoms with Crippen molar-refractivity contribution in [3.8, 4) is 5.75 Å². The van der Waals surface area contributed by atoms with Crippen molar-refractivity contribution >= 4 is 5.91 Å². The van der Waals surface area contributed by atoms with Crippen LogP contribution in [0, 0.1) is 11.8 Å². The Hall–Kier alpha value is -2.59. The van der Waals surface area contributed by atoms with Gasteiger partial charge in [0.25, 0.3) is 5.91 Å². The van der Waals surface area contributed by atoms with Crippen LogP contribution >= 0.6 is 0 Å². The van der Waals surface area contributed by atoms with Crippen molar-refractivity contribution in [2.45, 2.75) is 88.8 Å². The van der Waals surface area contributed by atoms with Crippen LogP contribution < -0.4 is 10.1 Å². The molecule has 198 valence electrons. The van der Waals surface area contributed by atoms with Crippen LogP contribution in [0.15, 0.2) is 61.2 Å². The fraction of sp³-hybridized carbons (Fsp3) is 0.545. The van der Waals surface area contributed by atoms with Gasteiger partial charge in [-0.25, -0.2) is 0 Å². The van der Waals surface area contributed by atoms with E-state index in [4.69, 9.17) is 4.74 Å². The first-order valence-corrected chi connectivity index (χ1v) is 14.5. The highest BCUT2D eigenvalue weighted by Crippen LogP contribution is 2.45. The van der Waals surface area contributed by atoms with E-state index in [1.54, 1.807) is 7.11 Å². The van der Waals surface area contributed by atoms with Gasteiger partial charge in [-0.05, 0) is 92.2 Å². The minimum atomic E-state index is 0.0612. The SMILES string of the molecule is C=CCN1C2CCC(CC(c3ccc(C(=O)NC4CCCC4)cc3)c3cccc(OC)c3)C1CCC2C.